The maximum atomic E-state index is 12.2. The fraction of sp³-hybridized carbons (Fsp3) is 0.818. The number of hydrogen-bond acceptors (Lipinski definition) is 4. The molecule has 2 unspecified atom stereocenters. The average Bonchev–Trinajstić information content (AvgIpc) is 2.37. The van der Waals surface area contributed by atoms with Crippen molar-refractivity contribution < 1.29 is 14.3 Å². The van der Waals surface area contributed by atoms with E-state index in [1.165, 1.54) is 0 Å². The molecule has 0 aliphatic carbocycles. The Hall–Kier alpha value is -1.14. The number of nitrogens with two attached hydrogens (primary N) is 1. The first-order chi connectivity index (χ1) is 8.11. The summed E-state index contributed by atoms with van der Waals surface area (Å²) in [7, 11) is 1.56. The van der Waals surface area contributed by atoms with Crippen LogP contribution >= 0.6 is 0 Å². The van der Waals surface area contributed by atoms with Crippen molar-refractivity contribution in [3.63, 3.8) is 0 Å². The van der Waals surface area contributed by atoms with Gasteiger partial charge in [0.15, 0.2) is 0 Å². The third-order valence-corrected chi connectivity index (χ3v) is 2.98. The summed E-state index contributed by atoms with van der Waals surface area (Å²) >= 11 is 0. The first kappa shape index (κ1) is 13.9. The number of carbonyl (C=O) groups excluding carboxylic acids is 2. The lowest BCUT2D eigenvalue weighted by Crippen LogP contribution is -2.56. The normalized spacial score (nSPS) is 22.1. The van der Waals surface area contributed by atoms with Gasteiger partial charge < -0.3 is 20.7 Å². The van der Waals surface area contributed by atoms with Crippen molar-refractivity contribution in [2.75, 3.05) is 33.4 Å². The third-order valence-electron chi connectivity index (χ3n) is 2.98. The van der Waals surface area contributed by atoms with E-state index in [4.69, 9.17) is 10.5 Å². The van der Waals surface area contributed by atoms with Crippen LogP contribution in [0.1, 0.15) is 13.3 Å². The van der Waals surface area contributed by atoms with Gasteiger partial charge in [-0.05, 0) is 13.0 Å². The van der Waals surface area contributed by atoms with Gasteiger partial charge in [0.2, 0.25) is 11.8 Å². The van der Waals surface area contributed by atoms with Gasteiger partial charge in [0.25, 0.3) is 0 Å². The molecule has 6 nitrogen and oxygen atoms in total. The van der Waals surface area contributed by atoms with E-state index < -0.39 is 6.04 Å². The number of rotatable bonds is 4. The minimum atomic E-state index is -0.513. The van der Waals surface area contributed by atoms with Crippen LogP contribution in [0.15, 0.2) is 0 Å². The molecule has 1 aliphatic rings. The molecule has 0 spiro atoms. The Bertz CT molecular complexity index is 283. The van der Waals surface area contributed by atoms with Crippen LogP contribution in [0.4, 0.5) is 0 Å². The SMILES string of the molecule is CNC(=O)C1COCCN1C(=O)C(C)CCN. The van der Waals surface area contributed by atoms with E-state index in [-0.39, 0.29) is 24.3 Å². The second-order valence-electron chi connectivity index (χ2n) is 4.21. The average molecular weight is 243 g/mol. The number of nitrogens with one attached hydrogen (secondary N) is 1. The van der Waals surface area contributed by atoms with Crippen LogP contribution in [0.25, 0.3) is 0 Å². The Kier molecular flexibility index (Phi) is 5.37. The molecule has 98 valence electrons. The maximum Gasteiger partial charge on any atom is 0.244 e. The monoisotopic (exact) mass is 243 g/mol. The highest BCUT2D eigenvalue weighted by Gasteiger charge is 2.33. The van der Waals surface area contributed by atoms with Crippen molar-refractivity contribution in [3.05, 3.63) is 0 Å². The summed E-state index contributed by atoms with van der Waals surface area (Å²) < 4.78 is 5.25. The van der Waals surface area contributed by atoms with Gasteiger partial charge in [-0.25, -0.2) is 0 Å². The molecule has 1 aliphatic heterocycles. The summed E-state index contributed by atoms with van der Waals surface area (Å²) in [5, 5.41) is 2.55. The van der Waals surface area contributed by atoms with Crippen LogP contribution in [-0.4, -0.2) is 56.1 Å². The zero-order valence-corrected chi connectivity index (χ0v) is 10.4. The Balaban J connectivity index is 2.70. The number of ether oxygens (including phenoxy) is 1. The number of hydrogen-bond donors (Lipinski definition) is 2. The highest BCUT2D eigenvalue weighted by Crippen LogP contribution is 2.13. The Morgan fingerprint density at radius 2 is 2.29 bits per heavy atom. The summed E-state index contributed by atoms with van der Waals surface area (Å²) in [6.45, 7) is 3.52. The van der Waals surface area contributed by atoms with Gasteiger partial charge >= 0.3 is 0 Å². The molecule has 1 saturated heterocycles. The second-order valence-corrected chi connectivity index (χ2v) is 4.21. The van der Waals surface area contributed by atoms with E-state index in [1.54, 1.807) is 11.9 Å². The van der Waals surface area contributed by atoms with E-state index in [2.05, 4.69) is 5.32 Å². The molecule has 0 aromatic carbocycles. The molecular weight excluding hydrogens is 222 g/mol. The predicted molar refractivity (Wildman–Crippen MR) is 63.2 cm³/mol. The van der Waals surface area contributed by atoms with Crippen LogP contribution < -0.4 is 11.1 Å². The second kappa shape index (κ2) is 6.56. The minimum Gasteiger partial charge on any atom is -0.377 e. The summed E-state index contributed by atoms with van der Waals surface area (Å²) in [5.41, 5.74) is 5.44. The van der Waals surface area contributed by atoms with Crippen LogP contribution in [0.3, 0.4) is 0 Å². The smallest absolute Gasteiger partial charge is 0.244 e. The summed E-state index contributed by atoms with van der Waals surface area (Å²) in [6.07, 6.45) is 0.636. The third kappa shape index (κ3) is 3.41. The molecule has 2 atom stereocenters. The van der Waals surface area contributed by atoms with Gasteiger partial charge in [0.05, 0.1) is 13.2 Å². The molecule has 1 fully saturated rings. The van der Waals surface area contributed by atoms with Crippen molar-refractivity contribution in [1.82, 2.24) is 10.2 Å². The quantitative estimate of drug-likeness (QED) is 0.659. The lowest BCUT2D eigenvalue weighted by molar-refractivity contribution is -0.151. The van der Waals surface area contributed by atoms with Crippen LogP contribution in [0, 0.1) is 5.92 Å². The number of likely N-dealkylation sites (N-methyl/N-ethyl adjacent to an activating group) is 1. The maximum absolute atomic E-state index is 12.2. The number of morpholine rings is 1. The van der Waals surface area contributed by atoms with Crippen molar-refractivity contribution in [2.24, 2.45) is 11.7 Å². The fourth-order valence-corrected chi connectivity index (χ4v) is 1.91. The lowest BCUT2D eigenvalue weighted by atomic mass is 10.0. The lowest BCUT2D eigenvalue weighted by Gasteiger charge is -2.35. The zero-order valence-electron chi connectivity index (χ0n) is 10.4. The highest BCUT2D eigenvalue weighted by molar-refractivity contribution is 5.88. The van der Waals surface area contributed by atoms with E-state index in [1.807, 2.05) is 6.92 Å². The van der Waals surface area contributed by atoms with E-state index in [0.29, 0.717) is 26.1 Å². The van der Waals surface area contributed by atoms with Crippen molar-refractivity contribution in [2.45, 2.75) is 19.4 Å². The molecule has 17 heavy (non-hydrogen) atoms. The number of amides is 2. The highest BCUT2D eigenvalue weighted by atomic mass is 16.5. The fourth-order valence-electron chi connectivity index (χ4n) is 1.91. The Morgan fingerprint density at radius 3 is 2.88 bits per heavy atom. The number of carbonyl (C=O) groups is 2. The Labute approximate surface area is 101 Å². The van der Waals surface area contributed by atoms with E-state index in [0.717, 1.165) is 0 Å². The molecule has 0 radical (unpaired) electrons. The van der Waals surface area contributed by atoms with Gasteiger partial charge in [-0.2, -0.15) is 0 Å². The van der Waals surface area contributed by atoms with Crippen molar-refractivity contribution in [1.29, 1.82) is 0 Å². The largest absolute Gasteiger partial charge is 0.377 e. The predicted octanol–water partition coefficient (Wildman–Crippen LogP) is -1.06. The zero-order chi connectivity index (χ0) is 12.8. The van der Waals surface area contributed by atoms with Gasteiger partial charge in [0.1, 0.15) is 6.04 Å². The first-order valence-electron chi connectivity index (χ1n) is 5.91. The van der Waals surface area contributed by atoms with Gasteiger partial charge in [-0.15, -0.1) is 0 Å². The van der Waals surface area contributed by atoms with Crippen molar-refractivity contribution >= 4 is 11.8 Å². The van der Waals surface area contributed by atoms with Crippen LogP contribution in [-0.2, 0) is 14.3 Å². The van der Waals surface area contributed by atoms with E-state index >= 15 is 0 Å². The summed E-state index contributed by atoms with van der Waals surface area (Å²) in [4.78, 5) is 25.4. The molecule has 0 bridgehead atoms. The first-order valence-corrected chi connectivity index (χ1v) is 5.91. The molecule has 1 rings (SSSR count). The minimum absolute atomic E-state index is 0.0210. The molecule has 3 N–H and O–H groups in total. The molecule has 0 aromatic heterocycles. The molecule has 0 aromatic rings. The molecule has 1 heterocycles. The number of nitrogens with zero attached hydrogens (tertiary/aromatic N) is 1. The van der Waals surface area contributed by atoms with Gasteiger partial charge in [-0.3, -0.25) is 9.59 Å². The van der Waals surface area contributed by atoms with Crippen LogP contribution in [0.2, 0.25) is 0 Å². The summed E-state index contributed by atoms with van der Waals surface area (Å²) in [6, 6.07) is -0.513. The molecule has 2 amide bonds. The molecular formula is C11H21N3O3. The van der Waals surface area contributed by atoms with Crippen LogP contribution in [0.5, 0.6) is 0 Å². The van der Waals surface area contributed by atoms with Gasteiger partial charge in [0, 0.05) is 19.5 Å². The summed E-state index contributed by atoms with van der Waals surface area (Å²) in [5.74, 6) is -0.351. The van der Waals surface area contributed by atoms with E-state index in [9.17, 15) is 9.59 Å². The molecule has 0 saturated carbocycles. The van der Waals surface area contributed by atoms with Gasteiger partial charge in [-0.1, -0.05) is 6.92 Å². The Morgan fingerprint density at radius 1 is 1.59 bits per heavy atom. The molecule has 6 heteroatoms. The topological polar surface area (TPSA) is 84.7 Å². The van der Waals surface area contributed by atoms with Crippen molar-refractivity contribution in [3.8, 4) is 0 Å². The standard InChI is InChI=1S/C11H21N3O3/c1-8(3-4-12)11(16)14-5-6-17-7-9(14)10(15)13-2/h8-9H,3-7,12H2,1-2H3,(H,13,15).